The summed E-state index contributed by atoms with van der Waals surface area (Å²) in [5, 5.41) is 3.40. The van der Waals surface area contributed by atoms with Crippen molar-refractivity contribution >= 4 is 11.9 Å². The first-order chi connectivity index (χ1) is 10.9. The van der Waals surface area contributed by atoms with Gasteiger partial charge in [-0.15, -0.1) is 0 Å². The molecule has 1 aromatic rings. The minimum absolute atomic E-state index is 0.280. The van der Waals surface area contributed by atoms with E-state index in [-0.39, 0.29) is 5.91 Å². The standard InChI is InChI=1S/C16H28N6O/c1-16(2,14(17)23)22-10-8-21(9-11-22)15(18-3)19-12-13-6-5-7-20(13)4/h5-7H,8-12H2,1-4H3,(H2,17,23)(H,18,19). The van der Waals surface area contributed by atoms with Gasteiger partial charge in [0.15, 0.2) is 5.96 Å². The maximum atomic E-state index is 11.6. The summed E-state index contributed by atoms with van der Waals surface area (Å²) in [6.45, 7) is 7.73. The van der Waals surface area contributed by atoms with Crippen LogP contribution in [0.25, 0.3) is 0 Å². The number of aryl methyl sites for hydroxylation is 1. The number of nitrogens with zero attached hydrogens (tertiary/aromatic N) is 4. The molecular formula is C16H28N6O. The number of aliphatic imine (C=N–C) groups is 1. The lowest BCUT2D eigenvalue weighted by molar-refractivity contribution is -0.129. The highest BCUT2D eigenvalue weighted by Crippen LogP contribution is 2.16. The number of rotatable bonds is 4. The van der Waals surface area contributed by atoms with Gasteiger partial charge in [-0.2, -0.15) is 0 Å². The van der Waals surface area contributed by atoms with Crippen LogP contribution < -0.4 is 11.1 Å². The first-order valence-corrected chi connectivity index (χ1v) is 7.97. The van der Waals surface area contributed by atoms with E-state index in [0.717, 1.165) is 38.7 Å². The van der Waals surface area contributed by atoms with Crippen molar-refractivity contribution in [1.82, 2.24) is 19.7 Å². The summed E-state index contributed by atoms with van der Waals surface area (Å²) >= 11 is 0. The summed E-state index contributed by atoms with van der Waals surface area (Å²) in [4.78, 5) is 20.3. The Morgan fingerprint density at radius 1 is 1.35 bits per heavy atom. The monoisotopic (exact) mass is 320 g/mol. The fourth-order valence-corrected chi connectivity index (χ4v) is 2.82. The Morgan fingerprint density at radius 3 is 2.48 bits per heavy atom. The summed E-state index contributed by atoms with van der Waals surface area (Å²) in [6.07, 6.45) is 2.03. The first-order valence-electron chi connectivity index (χ1n) is 7.97. The van der Waals surface area contributed by atoms with Gasteiger partial charge in [0.05, 0.1) is 12.1 Å². The fraction of sp³-hybridized carbons (Fsp3) is 0.625. The van der Waals surface area contributed by atoms with Crippen LogP contribution in [0.1, 0.15) is 19.5 Å². The molecule has 23 heavy (non-hydrogen) atoms. The smallest absolute Gasteiger partial charge is 0.237 e. The number of guanidine groups is 1. The van der Waals surface area contributed by atoms with Gasteiger partial charge < -0.3 is 20.5 Å². The number of hydrogen-bond donors (Lipinski definition) is 2. The molecule has 0 aromatic carbocycles. The van der Waals surface area contributed by atoms with Crippen molar-refractivity contribution in [3.63, 3.8) is 0 Å². The van der Waals surface area contributed by atoms with Gasteiger partial charge in [0, 0.05) is 52.2 Å². The summed E-state index contributed by atoms with van der Waals surface area (Å²) in [6, 6.07) is 4.12. The molecular weight excluding hydrogens is 292 g/mol. The molecule has 0 radical (unpaired) electrons. The number of piperazine rings is 1. The Labute approximate surface area is 138 Å². The van der Waals surface area contributed by atoms with Crippen LogP contribution in [0.2, 0.25) is 0 Å². The second-order valence-corrected chi connectivity index (χ2v) is 6.41. The Balaban J connectivity index is 1.90. The SMILES string of the molecule is CN=C(NCc1cccn1C)N1CCN(C(C)(C)C(N)=O)CC1. The maximum Gasteiger partial charge on any atom is 0.237 e. The molecule has 1 amide bonds. The molecule has 0 bridgehead atoms. The molecule has 0 spiro atoms. The average Bonchev–Trinajstić information content (AvgIpc) is 2.93. The van der Waals surface area contributed by atoms with E-state index in [2.05, 4.69) is 30.7 Å². The predicted molar refractivity (Wildman–Crippen MR) is 92.0 cm³/mol. The molecule has 1 saturated heterocycles. The molecule has 3 N–H and O–H groups in total. The minimum Gasteiger partial charge on any atom is -0.368 e. The van der Waals surface area contributed by atoms with Crippen molar-refractivity contribution < 1.29 is 4.79 Å². The van der Waals surface area contributed by atoms with Gasteiger partial charge in [0.2, 0.25) is 5.91 Å². The molecule has 128 valence electrons. The van der Waals surface area contributed by atoms with Crippen LogP contribution in [-0.4, -0.2) is 65.0 Å². The third kappa shape index (κ3) is 3.85. The maximum absolute atomic E-state index is 11.6. The third-order valence-electron chi connectivity index (χ3n) is 4.66. The quantitative estimate of drug-likeness (QED) is 0.604. The molecule has 2 rings (SSSR count). The lowest BCUT2D eigenvalue weighted by atomic mass is 10.0. The van der Waals surface area contributed by atoms with Gasteiger partial charge in [0.1, 0.15) is 0 Å². The normalized spacial score (nSPS) is 17.4. The highest BCUT2D eigenvalue weighted by atomic mass is 16.1. The molecule has 0 saturated carbocycles. The Morgan fingerprint density at radius 2 is 2.00 bits per heavy atom. The molecule has 1 fully saturated rings. The number of amides is 1. The van der Waals surface area contributed by atoms with Crippen LogP contribution in [0.3, 0.4) is 0 Å². The Kier molecular flexibility index (Phi) is 5.30. The van der Waals surface area contributed by atoms with E-state index in [1.54, 1.807) is 7.05 Å². The van der Waals surface area contributed by atoms with Crippen molar-refractivity contribution in [2.45, 2.75) is 25.9 Å². The van der Waals surface area contributed by atoms with E-state index >= 15 is 0 Å². The summed E-state index contributed by atoms with van der Waals surface area (Å²) in [5.41, 5.74) is 6.11. The molecule has 1 aliphatic rings. The third-order valence-corrected chi connectivity index (χ3v) is 4.66. The molecule has 7 nitrogen and oxygen atoms in total. The zero-order chi connectivity index (χ0) is 17.0. The number of hydrogen-bond acceptors (Lipinski definition) is 3. The van der Waals surface area contributed by atoms with Crippen LogP contribution in [0, 0.1) is 0 Å². The summed E-state index contributed by atoms with van der Waals surface area (Å²) < 4.78 is 2.09. The predicted octanol–water partition coefficient (Wildman–Crippen LogP) is -0.0180. The molecule has 0 unspecified atom stereocenters. The zero-order valence-corrected chi connectivity index (χ0v) is 14.5. The Hall–Kier alpha value is -2.02. The van der Waals surface area contributed by atoms with Crippen molar-refractivity contribution in [1.29, 1.82) is 0 Å². The summed E-state index contributed by atoms with van der Waals surface area (Å²) in [7, 11) is 3.83. The molecule has 0 aliphatic carbocycles. The number of nitrogens with two attached hydrogens (primary N) is 1. The van der Waals surface area contributed by atoms with E-state index in [1.165, 1.54) is 5.69 Å². The van der Waals surface area contributed by atoms with Gasteiger partial charge in [-0.3, -0.25) is 14.7 Å². The van der Waals surface area contributed by atoms with Gasteiger partial charge in [-0.05, 0) is 26.0 Å². The number of aromatic nitrogens is 1. The van der Waals surface area contributed by atoms with Crippen LogP contribution in [0.4, 0.5) is 0 Å². The topological polar surface area (TPSA) is 78.9 Å². The van der Waals surface area contributed by atoms with E-state index in [9.17, 15) is 4.79 Å². The molecule has 2 heterocycles. The van der Waals surface area contributed by atoms with Crippen molar-refractivity contribution in [3.8, 4) is 0 Å². The average molecular weight is 320 g/mol. The molecule has 1 aliphatic heterocycles. The minimum atomic E-state index is -0.605. The van der Waals surface area contributed by atoms with Gasteiger partial charge >= 0.3 is 0 Å². The fourth-order valence-electron chi connectivity index (χ4n) is 2.82. The van der Waals surface area contributed by atoms with E-state index < -0.39 is 5.54 Å². The van der Waals surface area contributed by atoms with Crippen LogP contribution >= 0.6 is 0 Å². The molecule has 1 aromatic heterocycles. The lowest BCUT2D eigenvalue weighted by Gasteiger charge is -2.43. The zero-order valence-electron chi connectivity index (χ0n) is 14.5. The highest BCUT2D eigenvalue weighted by molar-refractivity contribution is 5.84. The van der Waals surface area contributed by atoms with Gasteiger partial charge in [-0.25, -0.2) is 0 Å². The van der Waals surface area contributed by atoms with Gasteiger partial charge in [0.25, 0.3) is 0 Å². The second kappa shape index (κ2) is 7.04. The van der Waals surface area contributed by atoms with E-state index in [1.807, 2.05) is 33.2 Å². The first kappa shape index (κ1) is 17.3. The highest BCUT2D eigenvalue weighted by Gasteiger charge is 2.35. The largest absolute Gasteiger partial charge is 0.368 e. The number of carbonyl (C=O) groups excluding carboxylic acids is 1. The second-order valence-electron chi connectivity index (χ2n) is 6.41. The van der Waals surface area contributed by atoms with Crippen molar-refractivity contribution in [3.05, 3.63) is 24.0 Å². The van der Waals surface area contributed by atoms with E-state index in [4.69, 9.17) is 5.73 Å². The lowest BCUT2D eigenvalue weighted by Crippen LogP contribution is -2.61. The summed E-state index contributed by atoms with van der Waals surface area (Å²) in [5.74, 6) is 0.611. The number of carbonyl (C=O) groups is 1. The van der Waals surface area contributed by atoms with Gasteiger partial charge in [-0.1, -0.05) is 0 Å². The molecule has 0 atom stereocenters. The number of nitrogens with one attached hydrogen (secondary N) is 1. The van der Waals surface area contributed by atoms with Crippen LogP contribution in [0.5, 0.6) is 0 Å². The van der Waals surface area contributed by atoms with Crippen LogP contribution in [0.15, 0.2) is 23.3 Å². The van der Waals surface area contributed by atoms with Crippen molar-refractivity contribution in [2.24, 2.45) is 17.8 Å². The van der Waals surface area contributed by atoms with Crippen molar-refractivity contribution in [2.75, 3.05) is 33.2 Å². The Bertz CT molecular complexity index is 569. The van der Waals surface area contributed by atoms with Crippen LogP contribution in [-0.2, 0) is 18.4 Å². The number of primary amides is 1. The van der Waals surface area contributed by atoms with E-state index in [0.29, 0.717) is 0 Å². The molecule has 7 heteroatoms.